The number of hydrogen-bond donors (Lipinski definition) is 1. The van der Waals surface area contributed by atoms with Gasteiger partial charge in [0, 0.05) is 25.2 Å². The highest BCUT2D eigenvalue weighted by Gasteiger charge is 2.30. The molecule has 0 amide bonds. The zero-order valence-electron chi connectivity index (χ0n) is 10.9. The second kappa shape index (κ2) is 4.96. The zero-order chi connectivity index (χ0) is 13.4. The summed E-state index contributed by atoms with van der Waals surface area (Å²) in [5.41, 5.74) is 6.29. The van der Waals surface area contributed by atoms with Crippen LogP contribution in [-0.4, -0.2) is 37.1 Å². The van der Waals surface area contributed by atoms with E-state index in [0.717, 1.165) is 38.7 Å². The van der Waals surface area contributed by atoms with Crippen molar-refractivity contribution in [1.82, 2.24) is 4.90 Å². The molecule has 2 aliphatic rings. The highest BCUT2D eigenvalue weighted by Crippen LogP contribution is 2.31. The van der Waals surface area contributed by atoms with E-state index in [1.54, 1.807) is 0 Å². The second-order valence-electron chi connectivity index (χ2n) is 5.45. The Balaban J connectivity index is 1.77. The summed E-state index contributed by atoms with van der Waals surface area (Å²) in [6.07, 6.45) is 3.55. The van der Waals surface area contributed by atoms with E-state index in [4.69, 9.17) is 5.73 Å². The number of nitrogens with two attached hydrogens (primary N) is 1. The lowest BCUT2D eigenvalue weighted by Gasteiger charge is -2.25. The third kappa shape index (κ3) is 2.39. The van der Waals surface area contributed by atoms with Crippen LogP contribution in [-0.2, 0) is 0 Å². The predicted molar refractivity (Wildman–Crippen MR) is 72.2 cm³/mol. The van der Waals surface area contributed by atoms with Gasteiger partial charge in [0.2, 0.25) is 0 Å². The summed E-state index contributed by atoms with van der Waals surface area (Å²) in [7, 11) is 0. The number of benzene rings is 1. The molecular formula is C14H19F2N3. The molecule has 0 spiro atoms. The summed E-state index contributed by atoms with van der Waals surface area (Å²) in [4.78, 5) is 4.48. The molecule has 5 heteroatoms. The Kier molecular flexibility index (Phi) is 3.31. The number of anilines is 2. The maximum absolute atomic E-state index is 13.5. The molecule has 3 rings (SSSR count). The summed E-state index contributed by atoms with van der Waals surface area (Å²) >= 11 is 0. The molecule has 0 aromatic heterocycles. The minimum Gasteiger partial charge on any atom is -0.395 e. The van der Waals surface area contributed by atoms with Gasteiger partial charge in [0.15, 0.2) is 5.82 Å². The first-order valence-corrected chi connectivity index (χ1v) is 6.88. The van der Waals surface area contributed by atoms with Gasteiger partial charge in [-0.3, -0.25) is 4.90 Å². The quantitative estimate of drug-likeness (QED) is 0.834. The molecule has 1 aromatic rings. The van der Waals surface area contributed by atoms with Crippen molar-refractivity contribution in [2.75, 3.05) is 36.8 Å². The maximum Gasteiger partial charge on any atom is 0.151 e. The highest BCUT2D eigenvalue weighted by atomic mass is 19.1. The monoisotopic (exact) mass is 267 g/mol. The predicted octanol–water partition coefficient (Wildman–Crippen LogP) is 2.22. The van der Waals surface area contributed by atoms with Gasteiger partial charge in [-0.25, -0.2) is 8.78 Å². The third-order valence-corrected chi connectivity index (χ3v) is 4.23. The van der Waals surface area contributed by atoms with Crippen molar-refractivity contribution in [3.63, 3.8) is 0 Å². The average molecular weight is 267 g/mol. The molecule has 0 aliphatic carbocycles. The van der Waals surface area contributed by atoms with Gasteiger partial charge in [-0.15, -0.1) is 0 Å². The van der Waals surface area contributed by atoms with Gasteiger partial charge >= 0.3 is 0 Å². The molecule has 1 aromatic carbocycles. The average Bonchev–Trinajstić information content (AvgIpc) is 3.03. The van der Waals surface area contributed by atoms with E-state index < -0.39 is 11.6 Å². The molecule has 104 valence electrons. The largest absolute Gasteiger partial charge is 0.395 e. The van der Waals surface area contributed by atoms with Gasteiger partial charge in [-0.1, -0.05) is 0 Å². The molecule has 2 aliphatic heterocycles. The van der Waals surface area contributed by atoms with Crippen LogP contribution >= 0.6 is 0 Å². The second-order valence-corrected chi connectivity index (χ2v) is 5.45. The van der Waals surface area contributed by atoms with Gasteiger partial charge in [0.25, 0.3) is 0 Å². The number of likely N-dealkylation sites (tertiary alicyclic amines) is 1. The molecule has 2 N–H and O–H groups in total. The standard InChI is InChI=1S/C14H19F2N3/c15-10-7-12(16)14(17)13(8-10)19-6-3-11(9-19)18-4-1-2-5-18/h7-8,11H,1-6,9,17H2. The number of halogens is 2. The molecule has 19 heavy (non-hydrogen) atoms. The van der Waals surface area contributed by atoms with Crippen LogP contribution in [0.1, 0.15) is 19.3 Å². The summed E-state index contributed by atoms with van der Waals surface area (Å²) in [6, 6.07) is 2.67. The van der Waals surface area contributed by atoms with E-state index in [9.17, 15) is 8.78 Å². The van der Waals surface area contributed by atoms with Crippen LogP contribution in [0.3, 0.4) is 0 Å². The van der Waals surface area contributed by atoms with E-state index in [-0.39, 0.29) is 5.69 Å². The fourth-order valence-electron chi connectivity index (χ4n) is 3.20. The summed E-state index contributed by atoms with van der Waals surface area (Å²) in [6.45, 7) is 3.92. The first-order valence-electron chi connectivity index (χ1n) is 6.88. The molecule has 2 saturated heterocycles. The van der Waals surface area contributed by atoms with Gasteiger partial charge < -0.3 is 10.6 Å². The minimum absolute atomic E-state index is 0.0588. The molecule has 1 atom stereocenters. The summed E-state index contributed by atoms with van der Waals surface area (Å²) < 4.78 is 26.8. The van der Waals surface area contributed by atoms with Crippen molar-refractivity contribution in [1.29, 1.82) is 0 Å². The number of nitrogen functional groups attached to an aromatic ring is 1. The lowest BCUT2D eigenvalue weighted by atomic mass is 10.2. The van der Waals surface area contributed by atoms with Crippen LogP contribution in [0.5, 0.6) is 0 Å². The highest BCUT2D eigenvalue weighted by molar-refractivity contribution is 5.68. The third-order valence-electron chi connectivity index (χ3n) is 4.23. The first kappa shape index (κ1) is 12.7. The summed E-state index contributed by atoms with van der Waals surface area (Å²) in [5, 5.41) is 0. The zero-order valence-corrected chi connectivity index (χ0v) is 10.9. The van der Waals surface area contributed by atoms with Crippen molar-refractivity contribution in [2.45, 2.75) is 25.3 Å². The van der Waals surface area contributed by atoms with Crippen LogP contribution in [0.4, 0.5) is 20.2 Å². The Hall–Kier alpha value is -1.36. The van der Waals surface area contributed by atoms with Crippen LogP contribution in [0.15, 0.2) is 12.1 Å². The molecular weight excluding hydrogens is 248 g/mol. The van der Waals surface area contributed by atoms with Crippen LogP contribution in [0.25, 0.3) is 0 Å². The number of nitrogens with zero attached hydrogens (tertiary/aromatic N) is 2. The Morgan fingerprint density at radius 3 is 2.58 bits per heavy atom. The smallest absolute Gasteiger partial charge is 0.151 e. The molecule has 2 heterocycles. The Morgan fingerprint density at radius 1 is 1.11 bits per heavy atom. The van der Waals surface area contributed by atoms with Crippen molar-refractivity contribution >= 4 is 11.4 Å². The summed E-state index contributed by atoms with van der Waals surface area (Å²) in [5.74, 6) is -1.23. The van der Waals surface area contributed by atoms with E-state index in [1.807, 2.05) is 4.90 Å². The molecule has 0 saturated carbocycles. The van der Waals surface area contributed by atoms with Crippen molar-refractivity contribution in [3.05, 3.63) is 23.8 Å². The molecule has 2 fully saturated rings. The van der Waals surface area contributed by atoms with E-state index in [0.29, 0.717) is 11.7 Å². The van der Waals surface area contributed by atoms with Crippen LogP contribution in [0, 0.1) is 11.6 Å². The van der Waals surface area contributed by atoms with Gasteiger partial charge in [0.1, 0.15) is 5.82 Å². The molecule has 1 unspecified atom stereocenters. The Bertz CT molecular complexity index is 472. The lowest BCUT2D eigenvalue weighted by Crippen LogP contribution is -2.35. The minimum atomic E-state index is -0.667. The van der Waals surface area contributed by atoms with E-state index >= 15 is 0 Å². The molecule has 0 radical (unpaired) electrons. The first-order chi connectivity index (χ1) is 9.15. The number of rotatable bonds is 2. The fraction of sp³-hybridized carbons (Fsp3) is 0.571. The normalized spacial score (nSPS) is 24.3. The van der Waals surface area contributed by atoms with Crippen LogP contribution < -0.4 is 10.6 Å². The SMILES string of the molecule is Nc1c(F)cc(F)cc1N1CCC(N2CCCC2)C1. The van der Waals surface area contributed by atoms with Crippen molar-refractivity contribution in [3.8, 4) is 0 Å². The fourth-order valence-corrected chi connectivity index (χ4v) is 3.20. The number of hydrogen-bond acceptors (Lipinski definition) is 3. The Morgan fingerprint density at radius 2 is 1.84 bits per heavy atom. The molecule has 0 bridgehead atoms. The van der Waals surface area contributed by atoms with Crippen LogP contribution in [0.2, 0.25) is 0 Å². The lowest BCUT2D eigenvalue weighted by molar-refractivity contribution is 0.260. The molecule has 3 nitrogen and oxygen atoms in total. The van der Waals surface area contributed by atoms with Crippen molar-refractivity contribution in [2.24, 2.45) is 0 Å². The maximum atomic E-state index is 13.5. The van der Waals surface area contributed by atoms with E-state index in [2.05, 4.69) is 4.90 Å². The van der Waals surface area contributed by atoms with Gasteiger partial charge in [-0.2, -0.15) is 0 Å². The Labute approximate surface area is 112 Å². The van der Waals surface area contributed by atoms with Gasteiger partial charge in [-0.05, 0) is 38.4 Å². The van der Waals surface area contributed by atoms with E-state index in [1.165, 1.54) is 18.9 Å². The van der Waals surface area contributed by atoms with Crippen molar-refractivity contribution < 1.29 is 8.78 Å². The topological polar surface area (TPSA) is 32.5 Å². The van der Waals surface area contributed by atoms with Gasteiger partial charge in [0.05, 0.1) is 11.4 Å².